The second-order valence-electron chi connectivity index (χ2n) is 3.66. The lowest BCUT2D eigenvalue weighted by molar-refractivity contribution is 0.0996. The molecule has 0 saturated carbocycles. The number of amides is 1. The molecule has 2 aromatic rings. The number of ether oxygens (including phenoxy) is 1. The Morgan fingerprint density at radius 3 is 2.68 bits per heavy atom. The monoisotopic (exact) mass is 281 g/mol. The SMILES string of the molecule is NC(=O)c1ccc(Oc2ncc(Cl)cc2N)cc1F. The number of rotatable bonds is 3. The summed E-state index contributed by atoms with van der Waals surface area (Å²) in [6.07, 6.45) is 1.35. The molecule has 0 atom stereocenters. The number of hydrogen-bond acceptors (Lipinski definition) is 4. The largest absolute Gasteiger partial charge is 0.437 e. The molecular formula is C12H9ClFN3O2. The van der Waals surface area contributed by atoms with Crippen LogP contribution in [-0.4, -0.2) is 10.9 Å². The highest BCUT2D eigenvalue weighted by atomic mass is 35.5. The fraction of sp³-hybridized carbons (Fsp3) is 0. The molecule has 19 heavy (non-hydrogen) atoms. The summed E-state index contributed by atoms with van der Waals surface area (Å²) >= 11 is 5.69. The average Bonchev–Trinajstić information content (AvgIpc) is 2.32. The number of hydrogen-bond donors (Lipinski definition) is 2. The molecule has 2 rings (SSSR count). The molecular weight excluding hydrogens is 273 g/mol. The van der Waals surface area contributed by atoms with Crippen molar-refractivity contribution in [1.29, 1.82) is 0 Å². The Morgan fingerprint density at radius 1 is 1.37 bits per heavy atom. The molecule has 98 valence electrons. The molecule has 0 aliphatic heterocycles. The highest BCUT2D eigenvalue weighted by molar-refractivity contribution is 6.30. The van der Waals surface area contributed by atoms with Crippen LogP contribution in [-0.2, 0) is 0 Å². The molecule has 7 heteroatoms. The van der Waals surface area contributed by atoms with Crippen LogP contribution >= 0.6 is 11.6 Å². The standard InChI is InChI=1S/C12H9ClFN3O2/c13-6-3-10(15)12(17-5-6)19-7-1-2-8(11(16)18)9(14)4-7/h1-5H,15H2,(H2,16,18). The molecule has 0 saturated heterocycles. The fourth-order valence-electron chi connectivity index (χ4n) is 1.40. The molecule has 0 radical (unpaired) electrons. The number of benzene rings is 1. The van der Waals surface area contributed by atoms with E-state index in [1.54, 1.807) is 0 Å². The van der Waals surface area contributed by atoms with Crippen LogP contribution in [0.4, 0.5) is 10.1 Å². The van der Waals surface area contributed by atoms with Crippen LogP contribution < -0.4 is 16.2 Å². The van der Waals surface area contributed by atoms with Crippen molar-refractivity contribution in [2.45, 2.75) is 0 Å². The summed E-state index contributed by atoms with van der Waals surface area (Å²) in [6.45, 7) is 0. The normalized spacial score (nSPS) is 10.2. The van der Waals surface area contributed by atoms with Crippen molar-refractivity contribution in [3.63, 3.8) is 0 Å². The zero-order valence-corrected chi connectivity index (χ0v) is 10.3. The average molecular weight is 282 g/mol. The van der Waals surface area contributed by atoms with Crippen molar-refractivity contribution in [1.82, 2.24) is 4.98 Å². The number of primary amides is 1. The number of nitrogens with two attached hydrogens (primary N) is 2. The number of nitrogen functional groups attached to an aromatic ring is 1. The summed E-state index contributed by atoms with van der Waals surface area (Å²) in [5.41, 5.74) is 10.6. The van der Waals surface area contributed by atoms with Gasteiger partial charge in [-0.05, 0) is 18.2 Å². The first-order valence-corrected chi connectivity index (χ1v) is 5.53. The smallest absolute Gasteiger partial charge is 0.251 e. The van der Waals surface area contributed by atoms with Gasteiger partial charge in [0.1, 0.15) is 11.6 Å². The zero-order valence-electron chi connectivity index (χ0n) is 9.56. The van der Waals surface area contributed by atoms with Gasteiger partial charge in [-0.1, -0.05) is 11.6 Å². The third-order valence-corrected chi connectivity index (χ3v) is 2.47. The van der Waals surface area contributed by atoms with Crippen LogP contribution in [0.3, 0.4) is 0 Å². The van der Waals surface area contributed by atoms with Crippen LogP contribution in [0.15, 0.2) is 30.5 Å². The van der Waals surface area contributed by atoms with Gasteiger partial charge in [-0.15, -0.1) is 0 Å². The minimum atomic E-state index is -0.854. The van der Waals surface area contributed by atoms with Crippen molar-refractivity contribution >= 4 is 23.2 Å². The molecule has 0 aliphatic rings. The van der Waals surface area contributed by atoms with Gasteiger partial charge in [-0.3, -0.25) is 4.79 Å². The Labute approximate surface area is 112 Å². The quantitative estimate of drug-likeness (QED) is 0.903. The minimum Gasteiger partial charge on any atom is -0.437 e. The van der Waals surface area contributed by atoms with E-state index in [9.17, 15) is 9.18 Å². The molecule has 0 aliphatic carbocycles. The van der Waals surface area contributed by atoms with Gasteiger partial charge in [-0.25, -0.2) is 9.37 Å². The number of halogens is 2. The third-order valence-electron chi connectivity index (χ3n) is 2.27. The highest BCUT2D eigenvalue weighted by Crippen LogP contribution is 2.27. The van der Waals surface area contributed by atoms with Gasteiger partial charge in [0.25, 0.3) is 5.91 Å². The van der Waals surface area contributed by atoms with E-state index in [0.717, 1.165) is 6.07 Å². The summed E-state index contributed by atoms with van der Waals surface area (Å²) < 4.78 is 18.8. The van der Waals surface area contributed by atoms with Crippen LogP contribution in [0, 0.1) is 5.82 Å². The first kappa shape index (κ1) is 13.1. The van der Waals surface area contributed by atoms with E-state index in [1.807, 2.05) is 0 Å². The summed E-state index contributed by atoms with van der Waals surface area (Å²) in [5.74, 6) is -1.40. The molecule has 0 bridgehead atoms. The number of carbonyl (C=O) groups is 1. The predicted molar refractivity (Wildman–Crippen MR) is 68.7 cm³/mol. The Morgan fingerprint density at radius 2 is 2.11 bits per heavy atom. The van der Waals surface area contributed by atoms with Gasteiger partial charge in [0.15, 0.2) is 0 Å². The van der Waals surface area contributed by atoms with Crippen LogP contribution in [0.25, 0.3) is 0 Å². The second-order valence-corrected chi connectivity index (χ2v) is 4.09. The van der Waals surface area contributed by atoms with Gasteiger partial charge in [-0.2, -0.15) is 0 Å². The number of nitrogens with zero attached hydrogens (tertiary/aromatic N) is 1. The van der Waals surface area contributed by atoms with Crippen LogP contribution in [0.5, 0.6) is 11.6 Å². The van der Waals surface area contributed by atoms with Crippen molar-refractivity contribution in [2.24, 2.45) is 5.73 Å². The van der Waals surface area contributed by atoms with Gasteiger partial charge < -0.3 is 16.2 Å². The molecule has 0 fully saturated rings. The zero-order chi connectivity index (χ0) is 14.0. The van der Waals surface area contributed by atoms with E-state index in [-0.39, 0.29) is 22.9 Å². The van der Waals surface area contributed by atoms with Gasteiger partial charge >= 0.3 is 0 Å². The van der Waals surface area contributed by atoms with E-state index < -0.39 is 11.7 Å². The first-order chi connectivity index (χ1) is 8.97. The molecule has 4 N–H and O–H groups in total. The van der Waals surface area contributed by atoms with Gasteiger partial charge in [0, 0.05) is 12.3 Å². The molecule has 0 unspecified atom stereocenters. The van der Waals surface area contributed by atoms with E-state index in [4.69, 9.17) is 27.8 Å². The van der Waals surface area contributed by atoms with Crippen LogP contribution in [0.2, 0.25) is 5.02 Å². The van der Waals surface area contributed by atoms with Crippen molar-refractivity contribution in [2.75, 3.05) is 5.73 Å². The Balaban J connectivity index is 2.29. The summed E-state index contributed by atoms with van der Waals surface area (Å²) in [5, 5.41) is 0.361. The van der Waals surface area contributed by atoms with Crippen LogP contribution in [0.1, 0.15) is 10.4 Å². The molecule has 1 aromatic carbocycles. The lowest BCUT2D eigenvalue weighted by Crippen LogP contribution is -2.12. The maximum absolute atomic E-state index is 13.5. The number of carbonyl (C=O) groups excluding carboxylic acids is 1. The van der Waals surface area contributed by atoms with E-state index in [0.29, 0.717) is 5.02 Å². The summed E-state index contributed by atoms with van der Waals surface area (Å²) in [4.78, 5) is 14.7. The summed E-state index contributed by atoms with van der Waals surface area (Å²) in [7, 11) is 0. The molecule has 1 heterocycles. The maximum atomic E-state index is 13.5. The molecule has 1 aromatic heterocycles. The lowest BCUT2D eigenvalue weighted by atomic mass is 10.2. The van der Waals surface area contributed by atoms with Crippen molar-refractivity contribution in [3.05, 3.63) is 46.9 Å². The molecule has 0 spiro atoms. The van der Waals surface area contributed by atoms with Crippen molar-refractivity contribution < 1.29 is 13.9 Å². The second kappa shape index (κ2) is 5.11. The Kier molecular flexibility index (Phi) is 3.52. The minimum absolute atomic E-state index is 0.0932. The summed E-state index contributed by atoms with van der Waals surface area (Å²) in [6, 6.07) is 5.09. The number of anilines is 1. The highest BCUT2D eigenvalue weighted by Gasteiger charge is 2.11. The van der Waals surface area contributed by atoms with E-state index in [2.05, 4.69) is 4.98 Å². The number of aromatic nitrogens is 1. The molecule has 5 nitrogen and oxygen atoms in total. The third kappa shape index (κ3) is 2.92. The topological polar surface area (TPSA) is 91.2 Å². The molecule has 1 amide bonds. The lowest BCUT2D eigenvalue weighted by Gasteiger charge is -2.08. The van der Waals surface area contributed by atoms with E-state index in [1.165, 1.54) is 24.4 Å². The van der Waals surface area contributed by atoms with Gasteiger partial charge in [0.2, 0.25) is 5.88 Å². The predicted octanol–water partition coefficient (Wildman–Crippen LogP) is 2.35. The van der Waals surface area contributed by atoms with Gasteiger partial charge in [0.05, 0.1) is 16.3 Å². The van der Waals surface area contributed by atoms with E-state index >= 15 is 0 Å². The van der Waals surface area contributed by atoms with Crippen molar-refractivity contribution in [3.8, 4) is 11.6 Å². The first-order valence-electron chi connectivity index (χ1n) is 5.15. The fourth-order valence-corrected chi connectivity index (χ4v) is 1.56. The Bertz CT molecular complexity index is 649. The number of pyridine rings is 1. The maximum Gasteiger partial charge on any atom is 0.251 e. The Hall–Kier alpha value is -2.34.